The molecule has 0 saturated carbocycles. The van der Waals surface area contributed by atoms with E-state index in [2.05, 4.69) is 23.9 Å². The molecule has 0 aromatic heterocycles. The van der Waals surface area contributed by atoms with Crippen LogP contribution in [0.1, 0.15) is 13.8 Å². The molecule has 0 aromatic carbocycles. The maximum absolute atomic E-state index is 5.65. The van der Waals surface area contributed by atoms with Crippen LogP contribution >= 0.6 is 11.8 Å². The maximum atomic E-state index is 5.65. The van der Waals surface area contributed by atoms with Crippen molar-refractivity contribution in [1.29, 1.82) is 0 Å². The van der Waals surface area contributed by atoms with Crippen LogP contribution < -0.4 is 5.73 Å². The second-order valence-electron chi connectivity index (χ2n) is 3.37. The fourth-order valence-electron chi connectivity index (χ4n) is 1.11. The van der Waals surface area contributed by atoms with Crippen LogP contribution in [0.3, 0.4) is 0 Å². The zero-order valence-corrected chi connectivity index (χ0v) is 8.51. The molecule has 70 valence electrons. The lowest BCUT2D eigenvalue weighted by Crippen LogP contribution is -2.27. The molecule has 2 heterocycles. The second kappa shape index (κ2) is 3.06. The third kappa shape index (κ3) is 1.56. The molecular weight excluding hydrogens is 184 g/mol. The standard InChI is InChI=1S/C8H12N4S/c1-5(2)7-11-12-4-6(9)3-10-8(12)13-7/h3,5H,4,9H2,1-2H3. The molecule has 0 radical (unpaired) electrons. The number of fused-ring (bicyclic) bond motifs is 1. The van der Waals surface area contributed by atoms with Gasteiger partial charge in [0.25, 0.3) is 0 Å². The Kier molecular flexibility index (Phi) is 2.03. The summed E-state index contributed by atoms with van der Waals surface area (Å²) in [4.78, 5) is 4.21. The van der Waals surface area contributed by atoms with Crippen LogP contribution in [-0.2, 0) is 0 Å². The van der Waals surface area contributed by atoms with Gasteiger partial charge in [0.05, 0.1) is 12.7 Å². The Labute approximate surface area is 81.6 Å². The van der Waals surface area contributed by atoms with Gasteiger partial charge in [0.15, 0.2) is 5.17 Å². The molecule has 0 fully saturated rings. The van der Waals surface area contributed by atoms with Crippen LogP contribution in [-0.4, -0.2) is 21.8 Å². The van der Waals surface area contributed by atoms with E-state index >= 15 is 0 Å². The molecule has 0 atom stereocenters. The fraction of sp³-hybridized carbons (Fsp3) is 0.500. The molecule has 0 aliphatic carbocycles. The van der Waals surface area contributed by atoms with E-state index < -0.39 is 0 Å². The number of hydrogen-bond acceptors (Lipinski definition) is 5. The minimum atomic E-state index is 0.458. The maximum Gasteiger partial charge on any atom is 0.191 e. The van der Waals surface area contributed by atoms with Gasteiger partial charge >= 0.3 is 0 Å². The van der Waals surface area contributed by atoms with Gasteiger partial charge in [-0.05, 0) is 11.8 Å². The number of nitrogens with zero attached hydrogens (tertiary/aromatic N) is 3. The molecule has 2 N–H and O–H groups in total. The molecule has 4 nitrogen and oxygen atoms in total. The predicted octanol–water partition coefficient (Wildman–Crippen LogP) is 1.17. The highest BCUT2D eigenvalue weighted by molar-refractivity contribution is 8.26. The smallest absolute Gasteiger partial charge is 0.191 e. The van der Waals surface area contributed by atoms with Gasteiger partial charge in [-0.2, -0.15) is 5.10 Å². The highest BCUT2D eigenvalue weighted by Gasteiger charge is 2.26. The van der Waals surface area contributed by atoms with Crippen molar-refractivity contribution in [2.45, 2.75) is 13.8 Å². The Morgan fingerprint density at radius 3 is 3.08 bits per heavy atom. The molecule has 2 aliphatic rings. The van der Waals surface area contributed by atoms with Gasteiger partial charge in [-0.3, -0.25) is 0 Å². The Hall–Kier alpha value is -0.970. The van der Waals surface area contributed by atoms with E-state index in [1.165, 1.54) is 0 Å². The lowest BCUT2D eigenvalue weighted by Gasteiger charge is -2.16. The summed E-state index contributed by atoms with van der Waals surface area (Å²) in [5, 5.41) is 8.33. The minimum Gasteiger partial charge on any atom is -0.399 e. The van der Waals surface area contributed by atoms with Gasteiger partial charge in [-0.15, -0.1) is 0 Å². The number of hydrazone groups is 1. The SMILES string of the molecule is CC(C)C1=NN2CC(N)=CN=C2S1. The lowest BCUT2D eigenvalue weighted by atomic mass is 10.2. The first-order valence-corrected chi connectivity index (χ1v) is 5.04. The average molecular weight is 196 g/mol. The van der Waals surface area contributed by atoms with Crippen molar-refractivity contribution in [2.24, 2.45) is 21.7 Å². The number of amidine groups is 1. The van der Waals surface area contributed by atoms with E-state index in [9.17, 15) is 0 Å². The summed E-state index contributed by atoms with van der Waals surface area (Å²) in [6.45, 7) is 4.92. The van der Waals surface area contributed by atoms with Crippen molar-refractivity contribution < 1.29 is 0 Å². The Balaban J connectivity index is 2.19. The van der Waals surface area contributed by atoms with Crippen LogP contribution in [0.15, 0.2) is 22.0 Å². The van der Waals surface area contributed by atoms with Crippen molar-refractivity contribution in [3.63, 3.8) is 0 Å². The number of thioether (sulfide) groups is 1. The molecule has 5 heteroatoms. The highest BCUT2D eigenvalue weighted by Crippen LogP contribution is 2.27. The summed E-state index contributed by atoms with van der Waals surface area (Å²) < 4.78 is 0. The second-order valence-corrected chi connectivity index (χ2v) is 4.36. The molecule has 0 spiro atoms. The van der Waals surface area contributed by atoms with E-state index in [0.717, 1.165) is 15.9 Å². The van der Waals surface area contributed by atoms with Gasteiger partial charge in [0.2, 0.25) is 0 Å². The Morgan fingerprint density at radius 1 is 1.62 bits per heavy atom. The van der Waals surface area contributed by atoms with E-state index in [4.69, 9.17) is 5.73 Å². The summed E-state index contributed by atoms with van der Waals surface area (Å²) in [7, 11) is 0. The third-order valence-electron chi connectivity index (χ3n) is 1.80. The monoisotopic (exact) mass is 196 g/mol. The van der Waals surface area contributed by atoms with Gasteiger partial charge in [-0.25, -0.2) is 10.0 Å². The Morgan fingerprint density at radius 2 is 2.38 bits per heavy atom. The summed E-state index contributed by atoms with van der Waals surface area (Å²) >= 11 is 1.63. The van der Waals surface area contributed by atoms with E-state index in [1.807, 2.05) is 5.01 Å². The topological polar surface area (TPSA) is 54.0 Å². The van der Waals surface area contributed by atoms with Crippen LogP contribution in [0.5, 0.6) is 0 Å². The van der Waals surface area contributed by atoms with Crippen molar-refractivity contribution in [2.75, 3.05) is 6.54 Å². The third-order valence-corrected chi connectivity index (χ3v) is 3.06. The van der Waals surface area contributed by atoms with E-state index in [-0.39, 0.29) is 0 Å². The average Bonchev–Trinajstić information content (AvgIpc) is 2.46. The molecule has 0 saturated heterocycles. The summed E-state index contributed by atoms with van der Waals surface area (Å²) in [6.07, 6.45) is 1.71. The summed E-state index contributed by atoms with van der Waals surface area (Å²) in [5.74, 6) is 0.458. The molecule has 0 unspecified atom stereocenters. The number of hydrogen-bond donors (Lipinski definition) is 1. The zero-order valence-electron chi connectivity index (χ0n) is 7.69. The fourth-order valence-corrected chi connectivity index (χ4v) is 1.99. The van der Waals surface area contributed by atoms with Crippen LogP contribution in [0.2, 0.25) is 0 Å². The molecule has 0 aromatic rings. The summed E-state index contributed by atoms with van der Waals surface area (Å²) in [5.41, 5.74) is 6.41. The van der Waals surface area contributed by atoms with Gasteiger partial charge in [0, 0.05) is 11.6 Å². The molecular formula is C8H12N4S. The zero-order chi connectivity index (χ0) is 9.42. The molecule has 2 rings (SSSR count). The first kappa shape index (κ1) is 8.62. The molecule has 2 aliphatic heterocycles. The van der Waals surface area contributed by atoms with Crippen LogP contribution in [0.4, 0.5) is 0 Å². The summed E-state index contributed by atoms with van der Waals surface area (Å²) in [6, 6.07) is 0. The van der Waals surface area contributed by atoms with Gasteiger partial charge in [-0.1, -0.05) is 13.8 Å². The number of rotatable bonds is 1. The van der Waals surface area contributed by atoms with Crippen molar-refractivity contribution >= 4 is 22.0 Å². The normalized spacial score (nSPS) is 21.2. The van der Waals surface area contributed by atoms with E-state index in [1.54, 1.807) is 18.0 Å². The first-order valence-electron chi connectivity index (χ1n) is 4.23. The molecule has 0 amide bonds. The number of nitrogens with two attached hydrogens (primary N) is 1. The van der Waals surface area contributed by atoms with Gasteiger partial charge < -0.3 is 5.73 Å². The highest BCUT2D eigenvalue weighted by atomic mass is 32.2. The first-order chi connectivity index (χ1) is 6.16. The van der Waals surface area contributed by atoms with E-state index in [0.29, 0.717) is 12.5 Å². The number of aliphatic imine (C=N–C) groups is 1. The van der Waals surface area contributed by atoms with Gasteiger partial charge in [0.1, 0.15) is 5.04 Å². The van der Waals surface area contributed by atoms with Crippen molar-refractivity contribution in [3.05, 3.63) is 11.9 Å². The molecule has 0 bridgehead atoms. The minimum absolute atomic E-state index is 0.458. The van der Waals surface area contributed by atoms with Crippen molar-refractivity contribution in [1.82, 2.24) is 5.01 Å². The largest absolute Gasteiger partial charge is 0.399 e. The molecule has 13 heavy (non-hydrogen) atoms. The lowest BCUT2D eigenvalue weighted by molar-refractivity contribution is 0.485. The van der Waals surface area contributed by atoms with Crippen molar-refractivity contribution in [3.8, 4) is 0 Å². The Bertz CT molecular complexity index is 316. The quantitative estimate of drug-likeness (QED) is 0.685. The predicted molar refractivity (Wildman–Crippen MR) is 56.3 cm³/mol. The van der Waals surface area contributed by atoms with Crippen LogP contribution in [0.25, 0.3) is 0 Å². The van der Waals surface area contributed by atoms with Crippen LogP contribution in [0, 0.1) is 5.92 Å².